The molecule has 1 aromatic rings. The maximum Gasteiger partial charge on any atom is 0.213 e. The summed E-state index contributed by atoms with van der Waals surface area (Å²) in [5.74, 6) is 0.866. The minimum absolute atomic E-state index is 0.158. The van der Waals surface area contributed by atoms with Gasteiger partial charge in [-0.25, -0.2) is 13.4 Å². The molecule has 2 aliphatic carbocycles. The van der Waals surface area contributed by atoms with Gasteiger partial charge in [0.05, 0.1) is 12.4 Å². The van der Waals surface area contributed by atoms with Crippen molar-refractivity contribution in [2.24, 2.45) is 5.41 Å². The van der Waals surface area contributed by atoms with Crippen LogP contribution in [-0.2, 0) is 22.7 Å². The van der Waals surface area contributed by atoms with E-state index in [4.69, 9.17) is 4.74 Å². The zero-order valence-corrected chi connectivity index (χ0v) is 12.0. The molecule has 1 heterocycles. The van der Waals surface area contributed by atoms with Gasteiger partial charge in [0.2, 0.25) is 5.88 Å². The van der Waals surface area contributed by atoms with Crippen LogP contribution in [0, 0.1) is 5.41 Å². The normalized spacial score (nSPS) is 20.1. The Hall–Kier alpha value is -1.10. The SMILES string of the molecule is CS(=O)(=O)CC1(COc2ccc3c(n2)CCC3)CC1. The first kappa shape index (κ1) is 12.9. The topological polar surface area (TPSA) is 56.3 Å². The summed E-state index contributed by atoms with van der Waals surface area (Å²) < 4.78 is 28.5. The van der Waals surface area contributed by atoms with Crippen LogP contribution in [0.25, 0.3) is 0 Å². The minimum atomic E-state index is -2.93. The average Bonchev–Trinajstić information content (AvgIpc) is 2.90. The Labute approximate surface area is 114 Å². The van der Waals surface area contributed by atoms with E-state index in [2.05, 4.69) is 11.1 Å². The standard InChI is InChI=1S/C14H19NO3S/c1-19(16,17)10-14(7-8-14)9-18-13-6-5-11-3-2-4-12(11)15-13/h5-6H,2-4,7-10H2,1H3. The molecule has 104 valence electrons. The molecule has 0 N–H and O–H groups in total. The third kappa shape index (κ3) is 3.08. The van der Waals surface area contributed by atoms with Crippen LogP contribution in [0.4, 0.5) is 0 Å². The van der Waals surface area contributed by atoms with Crippen LogP contribution < -0.4 is 4.74 Å². The van der Waals surface area contributed by atoms with E-state index < -0.39 is 9.84 Å². The largest absolute Gasteiger partial charge is 0.477 e. The third-order valence-electron chi connectivity index (χ3n) is 3.95. The van der Waals surface area contributed by atoms with Crippen LogP contribution in [0.3, 0.4) is 0 Å². The Balaban J connectivity index is 1.64. The lowest BCUT2D eigenvalue weighted by Gasteiger charge is -2.15. The van der Waals surface area contributed by atoms with Crippen molar-refractivity contribution in [2.75, 3.05) is 18.6 Å². The van der Waals surface area contributed by atoms with Crippen LogP contribution in [0.2, 0.25) is 0 Å². The quantitative estimate of drug-likeness (QED) is 0.825. The predicted molar refractivity (Wildman–Crippen MR) is 73.1 cm³/mol. The van der Waals surface area contributed by atoms with E-state index >= 15 is 0 Å². The molecular weight excluding hydrogens is 262 g/mol. The molecular formula is C14H19NO3S. The second-order valence-corrected chi connectivity index (χ2v) is 8.11. The second-order valence-electron chi connectivity index (χ2n) is 5.97. The minimum Gasteiger partial charge on any atom is -0.477 e. The summed E-state index contributed by atoms with van der Waals surface area (Å²) in [5.41, 5.74) is 2.31. The molecule has 2 aliphatic rings. The number of nitrogens with zero attached hydrogens (tertiary/aromatic N) is 1. The van der Waals surface area contributed by atoms with E-state index in [-0.39, 0.29) is 11.2 Å². The number of hydrogen-bond donors (Lipinski definition) is 0. The molecule has 4 nitrogen and oxygen atoms in total. The summed E-state index contributed by atoms with van der Waals surface area (Å²) in [6.07, 6.45) is 6.47. The highest BCUT2D eigenvalue weighted by molar-refractivity contribution is 7.90. The molecule has 1 fully saturated rings. The fourth-order valence-electron chi connectivity index (χ4n) is 2.77. The first-order chi connectivity index (χ1) is 8.96. The molecule has 0 amide bonds. The predicted octanol–water partition coefficient (Wildman–Crippen LogP) is 1.77. The van der Waals surface area contributed by atoms with Crippen LogP contribution in [-0.4, -0.2) is 32.0 Å². The summed E-state index contributed by atoms with van der Waals surface area (Å²) in [7, 11) is -2.93. The molecule has 0 aliphatic heterocycles. The molecule has 1 aromatic heterocycles. The van der Waals surface area contributed by atoms with E-state index in [0.29, 0.717) is 12.5 Å². The first-order valence-corrected chi connectivity index (χ1v) is 8.81. The maximum atomic E-state index is 11.4. The van der Waals surface area contributed by atoms with Crippen LogP contribution in [0.5, 0.6) is 5.88 Å². The van der Waals surface area contributed by atoms with E-state index in [9.17, 15) is 8.42 Å². The molecule has 0 spiro atoms. The molecule has 0 aromatic carbocycles. The number of sulfone groups is 1. The van der Waals surface area contributed by atoms with Crippen molar-refractivity contribution in [2.45, 2.75) is 32.1 Å². The number of ether oxygens (including phenoxy) is 1. The van der Waals surface area contributed by atoms with Gasteiger partial charge < -0.3 is 4.74 Å². The highest BCUT2D eigenvalue weighted by atomic mass is 32.2. The molecule has 19 heavy (non-hydrogen) atoms. The molecule has 0 unspecified atom stereocenters. The van der Waals surface area contributed by atoms with Gasteiger partial charge in [0.1, 0.15) is 9.84 Å². The number of pyridine rings is 1. The van der Waals surface area contributed by atoms with Crippen molar-refractivity contribution in [1.29, 1.82) is 0 Å². The molecule has 3 rings (SSSR count). The Morgan fingerprint density at radius 3 is 2.79 bits per heavy atom. The van der Waals surface area contributed by atoms with Gasteiger partial charge in [-0.05, 0) is 37.7 Å². The molecule has 0 saturated heterocycles. The van der Waals surface area contributed by atoms with Gasteiger partial charge in [0.25, 0.3) is 0 Å². The lowest BCUT2D eigenvalue weighted by atomic mass is 10.2. The van der Waals surface area contributed by atoms with E-state index in [1.807, 2.05) is 6.07 Å². The first-order valence-electron chi connectivity index (χ1n) is 6.75. The zero-order chi connectivity index (χ0) is 13.5. The smallest absolute Gasteiger partial charge is 0.213 e. The second kappa shape index (κ2) is 4.47. The fourth-order valence-corrected chi connectivity index (χ4v) is 4.26. The Morgan fingerprint density at radius 1 is 1.32 bits per heavy atom. The van der Waals surface area contributed by atoms with Gasteiger partial charge in [-0.2, -0.15) is 0 Å². The van der Waals surface area contributed by atoms with Gasteiger partial charge in [0.15, 0.2) is 0 Å². The number of hydrogen-bond acceptors (Lipinski definition) is 4. The summed E-state index contributed by atoms with van der Waals surface area (Å²) in [6, 6.07) is 3.99. The van der Waals surface area contributed by atoms with Gasteiger partial charge in [-0.1, -0.05) is 6.07 Å². The summed E-state index contributed by atoms with van der Waals surface area (Å²) >= 11 is 0. The fraction of sp³-hybridized carbons (Fsp3) is 0.643. The highest BCUT2D eigenvalue weighted by Gasteiger charge is 2.46. The molecule has 0 radical (unpaired) electrons. The number of aromatic nitrogens is 1. The Bertz CT molecular complexity index is 591. The monoisotopic (exact) mass is 281 g/mol. The van der Waals surface area contributed by atoms with Crippen LogP contribution in [0.1, 0.15) is 30.5 Å². The van der Waals surface area contributed by atoms with Gasteiger partial charge in [-0.15, -0.1) is 0 Å². The van der Waals surface area contributed by atoms with Crippen molar-refractivity contribution in [3.8, 4) is 5.88 Å². The molecule has 1 saturated carbocycles. The van der Waals surface area contributed by atoms with Gasteiger partial charge in [-0.3, -0.25) is 0 Å². The van der Waals surface area contributed by atoms with Gasteiger partial charge >= 0.3 is 0 Å². The average molecular weight is 281 g/mol. The van der Waals surface area contributed by atoms with Crippen molar-refractivity contribution in [3.63, 3.8) is 0 Å². The third-order valence-corrected chi connectivity index (χ3v) is 5.09. The summed E-state index contributed by atoms with van der Waals surface area (Å²) in [4.78, 5) is 4.51. The lowest BCUT2D eigenvalue weighted by Crippen LogP contribution is -2.23. The highest BCUT2D eigenvalue weighted by Crippen LogP contribution is 2.46. The number of rotatable bonds is 5. The maximum absolute atomic E-state index is 11.4. The van der Waals surface area contributed by atoms with Crippen molar-refractivity contribution >= 4 is 9.84 Å². The Morgan fingerprint density at radius 2 is 2.11 bits per heavy atom. The summed E-state index contributed by atoms with van der Waals surface area (Å²) in [6.45, 7) is 0.464. The summed E-state index contributed by atoms with van der Waals surface area (Å²) in [5, 5.41) is 0. The van der Waals surface area contributed by atoms with E-state index in [1.165, 1.54) is 18.2 Å². The van der Waals surface area contributed by atoms with E-state index in [1.54, 1.807) is 0 Å². The number of fused-ring (bicyclic) bond motifs is 1. The molecule has 0 bridgehead atoms. The van der Waals surface area contributed by atoms with Crippen LogP contribution >= 0.6 is 0 Å². The van der Waals surface area contributed by atoms with Crippen molar-refractivity contribution in [1.82, 2.24) is 4.98 Å². The molecule has 5 heteroatoms. The Kier molecular flexibility index (Phi) is 3.04. The zero-order valence-electron chi connectivity index (χ0n) is 11.2. The number of aryl methyl sites for hydroxylation is 2. The van der Waals surface area contributed by atoms with Crippen LogP contribution in [0.15, 0.2) is 12.1 Å². The van der Waals surface area contributed by atoms with Gasteiger partial charge in [0, 0.05) is 23.4 Å². The lowest BCUT2D eigenvalue weighted by molar-refractivity contribution is 0.239. The van der Waals surface area contributed by atoms with Crippen molar-refractivity contribution in [3.05, 3.63) is 23.4 Å². The van der Waals surface area contributed by atoms with E-state index in [0.717, 1.165) is 31.4 Å². The molecule has 0 atom stereocenters. The van der Waals surface area contributed by atoms with Crippen molar-refractivity contribution < 1.29 is 13.2 Å².